The SMILES string of the molecule is C=CCNC(=NC)NCc1ccc(OCCCN(C)C)cc1.I. The molecule has 0 aliphatic rings. The van der Waals surface area contributed by atoms with Crippen molar-refractivity contribution >= 4 is 29.9 Å². The Labute approximate surface area is 157 Å². The van der Waals surface area contributed by atoms with Gasteiger partial charge in [-0.2, -0.15) is 0 Å². The van der Waals surface area contributed by atoms with Crippen LogP contribution in [0.25, 0.3) is 0 Å². The summed E-state index contributed by atoms with van der Waals surface area (Å²) in [5.41, 5.74) is 1.18. The number of hydrogen-bond acceptors (Lipinski definition) is 3. The molecule has 1 aromatic carbocycles. The molecular weight excluding hydrogens is 403 g/mol. The summed E-state index contributed by atoms with van der Waals surface area (Å²) in [5, 5.41) is 6.39. The van der Waals surface area contributed by atoms with Gasteiger partial charge in [0.25, 0.3) is 0 Å². The average molecular weight is 432 g/mol. The maximum atomic E-state index is 5.72. The number of ether oxygens (including phenoxy) is 1. The fourth-order valence-corrected chi connectivity index (χ4v) is 1.85. The molecule has 0 saturated carbocycles. The smallest absolute Gasteiger partial charge is 0.191 e. The van der Waals surface area contributed by atoms with E-state index in [2.05, 4.69) is 53.3 Å². The third kappa shape index (κ3) is 10.2. The zero-order valence-corrected chi connectivity index (χ0v) is 16.7. The highest BCUT2D eigenvalue weighted by atomic mass is 127. The Morgan fingerprint density at radius 1 is 1.26 bits per heavy atom. The molecule has 130 valence electrons. The molecule has 0 heterocycles. The Bertz CT molecular complexity index is 460. The molecule has 0 saturated heterocycles. The lowest BCUT2D eigenvalue weighted by molar-refractivity contribution is 0.281. The molecule has 23 heavy (non-hydrogen) atoms. The van der Waals surface area contributed by atoms with E-state index in [-0.39, 0.29) is 24.0 Å². The van der Waals surface area contributed by atoms with Gasteiger partial charge >= 0.3 is 0 Å². The van der Waals surface area contributed by atoms with E-state index in [4.69, 9.17) is 4.74 Å². The molecule has 0 fully saturated rings. The third-order valence-corrected chi connectivity index (χ3v) is 3.04. The van der Waals surface area contributed by atoms with Crippen LogP contribution in [0.2, 0.25) is 0 Å². The standard InChI is InChI=1S/C17H28N4O.HI/c1-5-11-19-17(18-2)20-14-15-7-9-16(10-8-15)22-13-6-12-21(3)4;/h5,7-10H,1,6,11-14H2,2-4H3,(H2,18,19,20);1H. The molecule has 0 aromatic heterocycles. The second-order valence-electron chi connectivity index (χ2n) is 5.24. The van der Waals surface area contributed by atoms with Crippen LogP contribution in [-0.2, 0) is 6.54 Å². The van der Waals surface area contributed by atoms with Gasteiger partial charge in [0, 0.05) is 26.7 Å². The van der Waals surface area contributed by atoms with Gasteiger partial charge in [-0.05, 0) is 38.2 Å². The molecule has 0 radical (unpaired) electrons. The summed E-state index contributed by atoms with van der Waals surface area (Å²) >= 11 is 0. The maximum Gasteiger partial charge on any atom is 0.191 e. The quantitative estimate of drug-likeness (QED) is 0.207. The van der Waals surface area contributed by atoms with E-state index in [9.17, 15) is 0 Å². The minimum Gasteiger partial charge on any atom is -0.494 e. The molecule has 6 heteroatoms. The van der Waals surface area contributed by atoms with Gasteiger partial charge in [-0.3, -0.25) is 4.99 Å². The van der Waals surface area contributed by atoms with Crippen molar-refractivity contribution in [1.29, 1.82) is 0 Å². The predicted octanol–water partition coefficient (Wildman–Crippen LogP) is 2.49. The van der Waals surface area contributed by atoms with Gasteiger partial charge in [0.1, 0.15) is 5.75 Å². The first-order valence-electron chi connectivity index (χ1n) is 7.57. The van der Waals surface area contributed by atoms with Crippen molar-refractivity contribution in [3.63, 3.8) is 0 Å². The molecule has 0 spiro atoms. The molecule has 0 bridgehead atoms. The van der Waals surface area contributed by atoms with Crippen LogP contribution in [-0.4, -0.2) is 51.7 Å². The minimum absolute atomic E-state index is 0. The second kappa shape index (κ2) is 13.2. The number of aliphatic imine (C=N–C) groups is 1. The van der Waals surface area contributed by atoms with Gasteiger partial charge in [-0.25, -0.2) is 0 Å². The van der Waals surface area contributed by atoms with Gasteiger partial charge in [0.2, 0.25) is 0 Å². The predicted molar refractivity (Wildman–Crippen MR) is 109 cm³/mol. The van der Waals surface area contributed by atoms with Crippen molar-refractivity contribution in [3.05, 3.63) is 42.5 Å². The van der Waals surface area contributed by atoms with E-state index in [1.165, 1.54) is 5.56 Å². The number of halogens is 1. The third-order valence-electron chi connectivity index (χ3n) is 3.04. The molecular formula is C17H29IN4O. The van der Waals surface area contributed by atoms with Crippen LogP contribution in [0, 0.1) is 0 Å². The Balaban J connectivity index is 0.00000484. The van der Waals surface area contributed by atoms with Gasteiger partial charge in [0.15, 0.2) is 5.96 Å². The van der Waals surface area contributed by atoms with Crippen molar-refractivity contribution in [1.82, 2.24) is 15.5 Å². The summed E-state index contributed by atoms with van der Waals surface area (Å²) in [6.45, 7) is 6.87. The highest BCUT2D eigenvalue weighted by Crippen LogP contribution is 2.12. The lowest BCUT2D eigenvalue weighted by Gasteiger charge is -2.12. The largest absolute Gasteiger partial charge is 0.494 e. The summed E-state index contributed by atoms with van der Waals surface area (Å²) < 4.78 is 5.72. The molecule has 0 atom stereocenters. The fourth-order valence-electron chi connectivity index (χ4n) is 1.85. The Morgan fingerprint density at radius 2 is 1.96 bits per heavy atom. The topological polar surface area (TPSA) is 48.9 Å². The van der Waals surface area contributed by atoms with E-state index in [1.54, 1.807) is 13.1 Å². The zero-order valence-electron chi connectivity index (χ0n) is 14.3. The number of benzene rings is 1. The van der Waals surface area contributed by atoms with Crippen LogP contribution in [0.1, 0.15) is 12.0 Å². The highest BCUT2D eigenvalue weighted by molar-refractivity contribution is 14.0. The lowest BCUT2D eigenvalue weighted by atomic mass is 10.2. The highest BCUT2D eigenvalue weighted by Gasteiger charge is 1.99. The Kier molecular flexibility index (Phi) is 12.5. The fraction of sp³-hybridized carbons (Fsp3) is 0.471. The summed E-state index contributed by atoms with van der Waals surface area (Å²) in [6.07, 6.45) is 2.83. The van der Waals surface area contributed by atoms with Crippen molar-refractivity contribution < 1.29 is 4.74 Å². The number of guanidine groups is 1. The van der Waals surface area contributed by atoms with Crippen molar-refractivity contribution in [2.45, 2.75) is 13.0 Å². The summed E-state index contributed by atoms with van der Waals surface area (Å²) in [5.74, 6) is 1.68. The monoisotopic (exact) mass is 432 g/mol. The van der Waals surface area contributed by atoms with Crippen LogP contribution in [0.3, 0.4) is 0 Å². The molecule has 0 aliphatic carbocycles. The lowest BCUT2D eigenvalue weighted by Crippen LogP contribution is -2.36. The maximum absolute atomic E-state index is 5.72. The summed E-state index contributed by atoms with van der Waals surface area (Å²) in [4.78, 5) is 6.30. The van der Waals surface area contributed by atoms with Crippen molar-refractivity contribution in [2.24, 2.45) is 4.99 Å². The van der Waals surface area contributed by atoms with E-state index in [0.29, 0.717) is 6.54 Å². The first-order chi connectivity index (χ1) is 10.7. The van der Waals surface area contributed by atoms with E-state index in [1.807, 2.05) is 12.1 Å². The molecule has 0 aliphatic heterocycles. The van der Waals surface area contributed by atoms with Gasteiger partial charge in [0.05, 0.1) is 6.61 Å². The number of rotatable bonds is 9. The number of nitrogens with one attached hydrogen (secondary N) is 2. The van der Waals surface area contributed by atoms with Gasteiger partial charge in [-0.1, -0.05) is 18.2 Å². The van der Waals surface area contributed by atoms with Crippen LogP contribution in [0.4, 0.5) is 0 Å². The first-order valence-corrected chi connectivity index (χ1v) is 7.57. The van der Waals surface area contributed by atoms with E-state index in [0.717, 1.165) is 37.8 Å². The van der Waals surface area contributed by atoms with Crippen LogP contribution < -0.4 is 15.4 Å². The molecule has 1 rings (SSSR count). The Hall–Kier alpha value is -1.28. The zero-order chi connectivity index (χ0) is 16.2. The number of hydrogen-bond donors (Lipinski definition) is 2. The second-order valence-corrected chi connectivity index (χ2v) is 5.24. The summed E-state index contributed by atoms with van der Waals surface area (Å²) in [6, 6.07) is 8.14. The summed E-state index contributed by atoms with van der Waals surface area (Å²) in [7, 11) is 5.89. The van der Waals surface area contributed by atoms with Crippen molar-refractivity contribution in [2.75, 3.05) is 40.8 Å². The average Bonchev–Trinajstić information content (AvgIpc) is 2.53. The van der Waals surface area contributed by atoms with Crippen LogP contribution in [0.5, 0.6) is 5.75 Å². The molecule has 1 aromatic rings. The molecule has 0 amide bonds. The normalized spacial score (nSPS) is 10.9. The molecule has 2 N–H and O–H groups in total. The molecule has 0 unspecified atom stereocenters. The molecule has 5 nitrogen and oxygen atoms in total. The number of nitrogens with zero attached hydrogens (tertiary/aromatic N) is 2. The Morgan fingerprint density at radius 3 is 2.52 bits per heavy atom. The van der Waals surface area contributed by atoms with Gasteiger partial charge in [-0.15, -0.1) is 30.6 Å². The minimum atomic E-state index is 0. The van der Waals surface area contributed by atoms with Crippen LogP contribution in [0.15, 0.2) is 41.9 Å². The van der Waals surface area contributed by atoms with Crippen LogP contribution >= 0.6 is 24.0 Å². The van der Waals surface area contributed by atoms with Crippen molar-refractivity contribution in [3.8, 4) is 5.75 Å². The van der Waals surface area contributed by atoms with E-state index >= 15 is 0 Å². The van der Waals surface area contributed by atoms with Gasteiger partial charge < -0.3 is 20.3 Å². The van der Waals surface area contributed by atoms with E-state index < -0.39 is 0 Å². The first kappa shape index (κ1) is 21.7.